The zero-order valence-corrected chi connectivity index (χ0v) is 10.6. The fourth-order valence-electron chi connectivity index (χ4n) is 2.31. The van der Waals surface area contributed by atoms with Gasteiger partial charge in [-0.1, -0.05) is 16.8 Å². The highest BCUT2D eigenvalue weighted by Gasteiger charge is 2.30. The number of pyridine rings is 1. The van der Waals surface area contributed by atoms with E-state index in [1.54, 1.807) is 6.20 Å². The molecule has 0 fully saturated rings. The summed E-state index contributed by atoms with van der Waals surface area (Å²) in [6.07, 6.45) is 1.69. The number of rotatable bonds is 0. The Morgan fingerprint density at radius 1 is 1.41 bits per heavy atom. The van der Waals surface area contributed by atoms with Crippen LogP contribution in [0.15, 0.2) is 12.3 Å². The van der Waals surface area contributed by atoms with Crippen LogP contribution in [0.5, 0.6) is 0 Å². The highest BCUT2D eigenvalue weighted by Crippen LogP contribution is 2.40. The van der Waals surface area contributed by atoms with E-state index in [1.807, 2.05) is 24.7 Å². The summed E-state index contributed by atoms with van der Waals surface area (Å²) in [5, 5.41) is 8.81. The van der Waals surface area contributed by atoms with Crippen LogP contribution in [0.2, 0.25) is 5.15 Å². The molecule has 1 unspecified atom stereocenters. The van der Waals surface area contributed by atoms with Gasteiger partial charge in [-0.3, -0.25) is 0 Å². The van der Waals surface area contributed by atoms with Crippen molar-refractivity contribution in [1.29, 1.82) is 0 Å². The highest BCUT2D eigenvalue weighted by atomic mass is 35.5. The number of aryl methyl sites for hydroxylation is 1. The molecular formula is C11H12ClN5. The van der Waals surface area contributed by atoms with Gasteiger partial charge in [0.05, 0.1) is 23.1 Å². The van der Waals surface area contributed by atoms with Crippen LogP contribution in [-0.4, -0.2) is 27.0 Å². The lowest BCUT2D eigenvalue weighted by Crippen LogP contribution is -2.30. The monoisotopic (exact) mass is 249 g/mol. The molecule has 1 atom stereocenters. The highest BCUT2D eigenvalue weighted by molar-refractivity contribution is 6.32. The number of hydrogen-bond donors (Lipinski definition) is 0. The summed E-state index contributed by atoms with van der Waals surface area (Å²) in [6.45, 7) is 4.07. The van der Waals surface area contributed by atoms with E-state index in [9.17, 15) is 0 Å². The number of aromatic nitrogens is 4. The number of fused-ring (bicyclic) bond motifs is 3. The standard InChI is InChI=1S/C11H12ClN5/c1-6-9-7(2)16(3)10-8(17(9)15-14-6)4-5-13-11(10)12/h4-5,7H,1-3H3. The number of hydrogen-bond acceptors (Lipinski definition) is 4. The van der Waals surface area contributed by atoms with Gasteiger partial charge in [0.15, 0.2) is 5.15 Å². The van der Waals surface area contributed by atoms with Gasteiger partial charge in [0.25, 0.3) is 0 Å². The van der Waals surface area contributed by atoms with Gasteiger partial charge in [0, 0.05) is 13.2 Å². The lowest BCUT2D eigenvalue weighted by atomic mass is 10.1. The van der Waals surface area contributed by atoms with Crippen molar-refractivity contribution in [2.75, 3.05) is 11.9 Å². The molecule has 0 saturated heterocycles. The Balaban J connectivity index is 2.37. The Morgan fingerprint density at radius 2 is 2.18 bits per heavy atom. The number of nitrogens with zero attached hydrogens (tertiary/aromatic N) is 5. The molecule has 1 aliphatic heterocycles. The molecule has 88 valence electrons. The minimum absolute atomic E-state index is 0.180. The molecule has 2 aromatic heterocycles. The molecule has 0 aromatic carbocycles. The Bertz CT molecular complexity index is 592. The molecule has 17 heavy (non-hydrogen) atoms. The van der Waals surface area contributed by atoms with Crippen molar-refractivity contribution in [1.82, 2.24) is 20.0 Å². The summed E-state index contributed by atoms with van der Waals surface area (Å²) in [6, 6.07) is 2.08. The molecule has 5 nitrogen and oxygen atoms in total. The third-order valence-electron chi connectivity index (χ3n) is 3.30. The summed E-state index contributed by atoms with van der Waals surface area (Å²) in [5.41, 5.74) is 3.88. The molecule has 0 amide bonds. The second-order valence-electron chi connectivity index (χ2n) is 4.23. The first kappa shape index (κ1) is 10.5. The largest absolute Gasteiger partial charge is 0.362 e. The van der Waals surface area contributed by atoms with Gasteiger partial charge in [-0.25, -0.2) is 9.67 Å². The minimum atomic E-state index is 0.180. The smallest absolute Gasteiger partial charge is 0.154 e. The Hall–Kier alpha value is -1.62. The second kappa shape index (κ2) is 3.43. The molecular weight excluding hydrogens is 238 g/mol. The van der Waals surface area contributed by atoms with Crippen molar-refractivity contribution in [3.63, 3.8) is 0 Å². The maximum atomic E-state index is 6.16. The fourth-order valence-corrected chi connectivity index (χ4v) is 2.60. The van der Waals surface area contributed by atoms with E-state index in [-0.39, 0.29) is 6.04 Å². The van der Waals surface area contributed by atoms with Crippen molar-refractivity contribution in [2.24, 2.45) is 0 Å². The molecule has 0 bridgehead atoms. The van der Waals surface area contributed by atoms with Gasteiger partial charge in [-0.2, -0.15) is 0 Å². The van der Waals surface area contributed by atoms with Gasteiger partial charge in [0.1, 0.15) is 5.69 Å². The number of halogens is 1. The van der Waals surface area contributed by atoms with Crippen LogP contribution in [0.1, 0.15) is 24.4 Å². The van der Waals surface area contributed by atoms with Gasteiger partial charge < -0.3 is 4.90 Å². The summed E-state index contributed by atoms with van der Waals surface area (Å²) >= 11 is 6.16. The zero-order valence-electron chi connectivity index (χ0n) is 9.85. The molecule has 0 saturated carbocycles. The molecule has 0 spiro atoms. The summed E-state index contributed by atoms with van der Waals surface area (Å²) in [7, 11) is 2.01. The maximum absolute atomic E-state index is 6.16. The average Bonchev–Trinajstić information content (AvgIpc) is 2.68. The van der Waals surface area contributed by atoms with Gasteiger partial charge in [-0.15, -0.1) is 5.10 Å². The summed E-state index contributed by atoms with van der Waals surface area (Å²) < 4.78 is 1.85. The van der Waals surface area contributed by atoms with Crippen molar-refractivity contribution in [3.8, 4) is 5.69 Å². The quantitative estimate of drug-likeness (QED) is 0.671. The topological polar surface area (TPSA) is 46.8 Å². The predicted octanol–water partition coefficient (Wildman–Crippen LogP) is 2.13. The van der Waals surface area contributed by atoms with E-state index in [1.165, 1.54) is 0 Å². The van der Waals surface area contributed by atoms with Crippen LogP contribution in [0.4, 0.5) is 5.69 Å². The fraction of sp³-hybridized carbons (Fsp3) is 0.364. The first-order valence-corrected chi connectivity index (χ1v) is 5.79. The second-order valence-corrected chi connectivity index (χ2v) is 4.59. The van der Waals surface area contributed by atoms with E-state index >= 15 is 0 Å². The average molecular weight is 250 g/mol. The van der Waals surface area contributed by atoms with E-state index in [2.05, 4.69) is 27.1 Å². The molecule has 0 aliphatic carbocycles. The first-order chi connectivity index (χ1) is 8.11. The molecule has 2 aromatic rings. The van der Waals surface area contributed by atoms with E-state index < -0.39 is 0 Å². The Labute approximate surface area is 104 Å². The van der Waals surface area contributed by atoms with Crippen molar-refractivity contribution in [2.45, 2.75) is 19.9 Å². The van der Waals surface area contributed by atoms with E-state index in [0.717, 1.165) is 22.8 Å². The Morgan fingerprint density at radius 3 is 2.94 bits per heavy atom. The first-order valence-electron chi connectivity index (χ1n) is 5.41. The lowest BCUT2D eigenvalue weighted by molar-refractivity contribution is 0.629. The van der Waals surface area contributed by atoms with Crippen molar-refractivity contribution in [3.05, 3.63) is 28.8 Å². The SMILES string of the molecule is Cc1nnn2c1C(C)N(C)c1c-2ccnc1Cl. The van der Waals surface area contributed by atoms with Crippen molar-refractivity contribution >= 4 is 17.3 Å². The summed E-state index contributed by atoms with van der Waals surface area (Å²) in [5.74, 6) is 0. The third-order valence-corrected chi connectivity index (χ3v) is 3.58. The normalized spacial score (nSPS) is 17.9. The van der Waals surface area contributed by atoms with Gasteiger partial charge >= 0.3 is 0 Å². The van der Waals surface area contributed by atoms with Gasteiger partial charge in [0.2, 0.25) is 0 Å². The van der Waals surface area contributed by atoms with E-state index in [0.29, 0.717) is 5.15 Å². The molecule has 3 heterocycles. The summed E-state index contributed by atoms with van der Waals surface area (Å²) in [4.78, 5) is 6.23. The number of anilines is 1. The van der Waals surface area contributed by atoms with E-state index in [4.69, 9.17) is 11.6 Å². The third kappa shape index (κ3) is 1.29. The predicted molar refractivity (Wildman–Crippen MR) is 65.7 cm³/mol. The zero-order chi connectivity index (χ0) is 12.2. The molecule has 0 N–H and O–H groups in total. The van der Waals surface area contributed by atoms with Crippen LogP contribution >= 0.6 is 11.6 Å². The van der Waals surface area contributed by atoms with Gasteiger partial charge in [-0.05, 0) is 19.9 Å². The van der Waals surface area contributed by atoms with Crippen LogP contribution in [-0.2, 0) is 0 Å². The molecule has 0 radical (unpaired) electrons. The maximum Gasteiger partial charge on any atom is 0.154 e. The van der Waals surface area contributed by atoms with Crippen LogP contribution in [0.25, 0.3) is 5.69 Å². The molecule has 3 rings (SSSR count). The molecule has 1 aliphatic rings. The minimum Gasteiger partial charge on any atom is -0.362 e. The molecule has 6 heteroatoms. The van der Waals surface area contributed by atoms with Crippen LogP contribution in [0.3, 0.4) is 0 Å². The van der Waals surface area contributed by atoms with Crippen molar-refractivity contribution < 1.29 is 0 Å². The van der Waals surface area contributed by atoms with Crippen LogP contribution in [0, 0.1) is 6.92 Å². The lowest BCUT2D eigenvalue weighted by Gasteiger charge is -2.34. The van der Waals surface area contributed by atoms with Crippen LogP contribution < -0.4 is 4.90 Å². The Kier molecular flexibility index (Phi) is 2.13.